The van der Waals surface area contributed by atoms with Crippen LogP contribution in [0.15, 0.2) is 27.9 Å². The molecule has 29 heavy (non-hydrogen) atoms. The van der Waals surface area contributed by atoms with Gasteiger partial charge in [-0.05, 0) is 34.0 Å². The monoisotopic (exact) mass is 408 g/mol. The van der Waals surface area contributed by atoms with E-state index in [0.29, 0.717) is 32.0 Å². The Hall–Kier alpha value is -2.68. The lowest BCUT2D eigenvalue weighted by Gasteiger charge is -2.24. The first-order valence-electron chi connectivity index (χ1n) is 9.89. The van der Waals surface area contributed by atoms with Gasteiger partial charge in [-0.2, -0.15) is 0 Å². The Bertz CT molecular complexity index is 708. The molecule has 0 unspecified atom stereocenters. The summed E-state index contributed by atoms with van der Waals surface area (Å²) in [7, 11) is 5.93. The molecule has 0 atom stereocenters. The fourth-order valence-electron chi connectivity index (χ4n) is 3.04. The maximum Gasteiger partial charge on any atom is 0.349 e. The maximum absolute atomic E-state index is 12.4. The summed E-state index contributed by atoms with van der Waals surface area (Å²) < 4.78 is 16.0. The van der Waals surface area contributed by atoms with Crippen LogP contribution < -0.4 is 10.2 Å². The number of nitrogens with one attached hydrogen (secondary N) is 1. The van der Waals surface area contributed by atoms with Gasteiger partial charge in [-0.3, -0.25) is 0 Å². The number of rotatable bonds is 10. The van der Waals surface area contributed by atoms with E-state index in [1.54, 1.807) is 13.8 Å². The van der Waals surface area contributed by atoms with Crippen LogP contribution in [0.3, 0.4) is 0 Å². The molecule has 1 saturated heterocycles. The Kier molecular flexibility index (Phi) is 8.38. The molecule has 162 valence electrons. The van der Waals surface area contributed by atoms with Gasteiger partial charge in [-0.1, -0.05) is 0 Å². The molecule has 1 aliphatic rings. The summed E-state index contributed by atoms with van der Waals surface area (Å²) in [5.74, 6) is 0.784. The van der Waals surface area contributed by atoms with Crippen molar-refractivity contribution in [2.75, 3.05) is 65.4 Å². The molecule has 0 saturated carbocycles. The quantitative estimate of drug-likeness (QED) is 0.264. The van der Waals surface area contributed by atoms with Crippen molar-refractivity contribution in [2.45, 2.75) is 20.4 Å². The van der Waals surface area contributed by atoms with E-state index in [2.05, 4.69) is 5.32 Å². The normalized spacial score (nSPS) is 13.4. The van der Waals surface area contributed by atoms with Crippen LogP contribution in [-0.4, -0.2) is 82.3 Å². The Morgan fingerprint density at radius 2 is 1.79 bits per heavy atom. The molecule has 0 aromatic carbocycles. The van der Waals surface area contributed by atoms with Gasteiger partial charge in [0.2, 0.25) is 0 Å². The number of nitrogens with zero attached hydrogens (tertiary/aromatic N) is 3. The van der Waals surface area contributed by atoms with Crippen LogP contribution in [-0.2, 0) is 25.6 Å². The van der Waals surface area contributed by atoms with Crippen LogP contribution in [0.25, 0.3) is 0 Å². The van der Waals surface area contributed by atoms with Crippen LogP contribution >= 0.6 is 0 Å². The number of ether oxygens (including phenoxy) is 2. The third kappa shape index (κ3) is 6.15. The van der Waals surface area contributed by atoms with Crippen molar-refractivity contribution >= 4 is 17.8 Å². The summed E-state index contributed by atoms with van der Waals surface area (Å²) in [5, 5.41) is 3.13. The van der Waals surface area contributed by atoms with Crippen molar-refractivity contribution in [3.8, 4) is 0 Å². The number of likely N-dealkylation sites (N-methyl/N-ethyl adjacent to an activating group) is 1. The molecule has 9 heteroatoms. The second-order valence-electron chi connectivity index (χ2n) is 6.98. The first-order valence-corrected chi connectivity index (χ1v) is 9.89. The summed E-state index contributed by atoms with van der Waals surface area (Å²) in [5.41, 5.74) is -0.0832. The third-order valence-corrected chi connectivity index (χ3v) is 4.39. The first-order chi connectivity index (χ1) is 13.9. The highest BCUT2D eigenvalue weighted by Gasteiger charge is 2.31. The molecule has 1 aromatic rings. The van der Waals surface area contributed by atoms with E-state index >= 15 is 0 Å². The van der Waals surface area contributed by atoms with Crippen molar-refractivity contribution < 1.29 is 23.5 Å². The van der Waals surface area contributed by atoms with Crippen molar-refractivity contribution in [1.29, 1.82) is 0 Å². The van der Waals surface area contributed by atoms with Crippen molar-refractivity contribution in [3.05, 3.63) is 29.3 Å². The van der Waals surface area contributed by atoms with E-state index in [0.717, 1.165) is 18.2 Å². The number of hydrogen-bond acceptors (Lipinski definition) is 9. The van der Waals surface area contributed by atoms with Crippen LogP contribution in [0.4, 0.5) is 5.88 Å². The largest absolute Gasteiger partial charge is 0.462 e. The third-order valence-electron chi connectivity index (χ3n) is 4.39. The molecule has 0 spiro atoms. The van der Waals surface area contributed by atoms with E-state index in [4.69, 9.17) is 13.9 Å². The molecule has 1 N–H and O–H groups in total. The lowest BCUT2D eigenvalue weighted by molar-refractivity contribution is -0.146. The molecule has 0 bridgehead atoms. The summed E-state index contributed by atoms with van der Waals surface area (Å²) in [6.07, 6.45) is 0. The molecule has 0 amide bonds. The predicted octanol–water partition coefficient (Wildman–Crippen LogP) is 1.02. The number of hydrogen-bond donors (Lipinski definition) is 1. The molecule has 1 aliphatic heterocycles. The van der Waals surface area contributed by atoms with E-state index in [1.807, 2.05) is 48.0 Å². The second kappa shape index (κ2) is 10.8. The van der Waals surface area contributed by atoms with Crippen LogP contribution in [0.1, 0.15) is 19.6 Å². The lowest BCUT2D eigenvalue weighted by Crippen LogP contribution is -2.34. The average molecular weight is 408 g/mol. The predicted molar refractivity (Wildman–Crippen MR) is 109 cm³/mol. The highest BCUT2D eigenvalue weighted by atomic mass is 16.6. The van der Waals surface area contributed by atoms with E-state index < -0.39 is 11.9 Å². The zero-order chi connectivity index (χ0) is 21.4. The minimum absolute atomic E-state index is 0.0832. The zero-order valence-electron chi connectivity index (χ0n) is 18.0. The van der Waals surface area contributed by atoms with Crippen molar-refractivity contribution in [2.24, 2.45) is 0 Å². The van der Waals surface area contributed by atoms with Crippen LogP contribution in [0, 0.1) is 0 Å². The van der Waals surface area contributed by atoms with Gasteiger partial charge in [0.1, 0.15) is 11.6 Å². The van der Waals surface area contributed by atoms with Gasteiger partial charge in [0, 0.05) is 39.3 Å². The lowest BCUT2D eigenvalue weighted by atomic mass is 10.2. The smallest absolute Gasteiger partial charge is 0.349 e. The zero-order valence-corrected chi connectivity index (χ0v) is 18.0. The number of carbonyl (C=O) groups excluding carboxylic acids is 2. The highest BCUT2D eigenvalue weighted by Crippen LogP contribution is 2.20. The summed E-state index contributed by atoms with van der Waals surface area (Å²) in [6, 6.07) is 3.91. The fraction of sp³-hybridized carbons (Fsp3) is 0.600. The summed E-state index contributed by atoms with van der Waals surface area (Å²) in [6.45, 7) is 7.08. The SMILES string of the molecule is CCOC(=O)C(C(=O)OCC)=C1NCCN1CCN(C)c1ccc(CN(C)C)o1. The van der Waals surface area contributed by atoms with E-state index in [1.165, 1.54) is 0 Å². The topological polar surface area (TPSA) is 87.5 Å². The highest BCUT2D eigenvalue weighted by molar-refractivity contribution is 6.14. The number of carbonyl (C=O) groups is 2. The summed E-state index contributed by atoms with van der Waals surface area (Å²) >= 11 is 0. The standard InChI is InChI=1S/C20H32N4O5/c1-6-27-19(25)17(20(26)28-7-2)18-21-10-11-24(18)13-12-23(5)16-9-8-15(29-16)14-22(3)4/h8-9,21H,6-7,10-14H2,1-5H3. The van der Waals surface area contributed by atoms with Gasteiger partial charge >= 0.3 is 11.9 Å². The summed E-state index contributed by atoms with van der Waals surface area (Å²) in [4.78, 5) is 30.7. The number of furan rings is 1. The van der Waals surface area contributed by atoms with Gasteiger partial charge in [-0.15, -0.1) is 0 Å². The molecule has 9 nitrogen and oxygen atoms in total. The van der Waals surface area contributed by atoms with Crippen LogP contribution in [0.5, 0.6) is 0 Å². The molecule has 2 rings (SSSR count). The Balaban J connectivity index is 2.09. The number of anilines is 1. The van der Waals surface area contributed by atoms with Gasteiger partial charge in [0.15, 0.2) is 11.5 Å². The Morgan fingerprint density at radius 1 is 1.14 bits per heavy atom. The molecule has 2 heterocycles. The first kappa shape index (κ1) is 22.6. The average Bonchev–Trinajstić information content (AvgIpc) is 3.30. The minimum Gasteiger partial charge on any atom is -0.462 e. The molecule has 1 aromatic heterocycles. The Labute approximate surface area is 172 Å². The second-order valence-corrected chi connectivity index (χ2v) is 6.98. The van der Waals surface area contributed by atoms with E-state index in [-0.39, 0.29) is 18.8 Å². The Morgan fingerprint density at radius 3 is 2.38 bits per heavy atom. The van der Waals surface area contributed by atoms with Gasteiger partial charge < -0.3 is 33.9 Å². The van der Waals surface area contributed by atoms with Gasteiger partial charge in [0.05, 0.1) is 19.8 Å². The van der Waals surface area contributed by atoms with Crippen molar-refractivity contribution in [3.63, 3.8) is 0 Å². The van der Waals surface area contributed by atoms with Gasteiger partial charge in [-0.25, -0.2) is 9.59 Å². The van der Waals surface area contributed by atoms with Gasteiger partial charge in [0.25, 0.3) is 0 Å². The maximum atomic E-state index is 12.4. The molecule has 1 fully saturated rings. The molecule has 0 radical (unpaired) electrons. The number of esters is 2. The fourth-order valence-corrected chi connectivity index (χ4v) is 3.04. The molecule has 0 aliphatic carbocycles. The van der Waals surface area contributed by atoms with Crippen LogP contribution in [0.2, 0.25) is 0 Å². The van der Waals surface area contributed by atoms with Crippen molar-refractivity contribution in [1.82, 2.24) is 15.1 Å². The molecular formula is C20H32N4O5. The van der Waals surface area contributed by atoms with E-state index in [9.17, 15) is 9.59 Å². The minimum atomic E-state index is -0.673. The molecular weight excluding hydrogens is 376 g/mol.